The minimum Gasteiger partial charge on any atom is -0.464 e. The molecule has 5 heteroatoms. The number of halogens is 1. The monoisotopic (exact) mass is 327 g/mol. The summed E-state index contributed by atoms with van der Waals surface area (Å²) in [6, 6.07) is 7.85. The van der Waals surface area contributed by atoms with Gasteiger partial charge in [-0.3, -0.25) is 0 Å². The molecular weight excluding hydrogens is 310 g/mol. The van der Waals surface area contributed by atoms with E-state index in [1.54, 1.807) is 6.92 Å². The second-order valence-corrected chi connectivity index (χ2v) is 5.36. The first-order valence-electron chi connectivity index (χ1n) is 6.43. The summed E-state index contributed by atoms with van der Waals surface area (Å²) >= 11 is 3.51. The van der Waals surface area contributed by atoms with Crippen LogP contribution in [-0.2, 0) is 20.7 Å². The highest BCUT2D eigenvalue weighted by Crippen LogP contribution is 2.26. The van der Waals surface area contributed by atoms with Crippen molar-refractivity contribution in [3.05, 3.63) is 34.3 Å². The summed E-state index contributed by atoms with van der Waals surface area (Å²) in [6.45, 7) is 3.92. The van der Waals surface area contributed by atoms with Crippen molar-refractivity contribution in [1.29, 1.82) is 0 Å². The molecule has 0 radical (unpaired) electrons. The van der Waals surface area contributed by atoms with Crippen LogP contribution in [0.5, 0.6) is 0 Å². The maximum absolute atomic E-state index is 12.2. The zero-order chi connectivity index (χ0) is 13.7. The molecule has 104 valence electrons. The summed E-state index contributed by atoms with van der Waals surface area (Å²) < 4.78 is 11.9. The van der Waals surface area contributed by atoms with Crippen LogP contribution in [0.3, 0.4) is 0 Å². The van der Waals surface area contributed by atoms with Crippen LogP contribution in [0, 0.1) is 0 Å². The average Bonchev–Trinajstić information content (AvgIpc) is 2.43. The molecule has 1 heterocycles. The van der Waals surface area contributed by atoms with Gasteiger partial charge >= 0.3 is 5.97 Å². The normalized spacial score (nSPS) is 23.1. The van der Waals surface area contributed by atoms with E-state index in [2.05, 4.69) is 21.2 Å². The highest BCUT2D eigenvalue weighted by Gasteiger charge is 2.43. The SMILES string of the molecule is CCOC(=O)C1(Cc2ccccc2Br)CNCCO1. The quantitative estimate of drug-likeness (QED) is 0.858. The van der Waals surface area contributed by atoms with Gasteiger partial charge in [0.05, 0.1) is 13.2 Å². The van der Waals surface area contributed by atoms with Crippen molar-refractivity contribution in [3.8, 4) is 0 Å². The fourth-order valence-electron chi connectivity index (χ4n) is 2.19. The number of nitrogens with one attached hydrogen (secondary N) is 1. The highest BCUT2D eigenvalue weighted by atomic mass is 79.9. The number of ether oxygens (including phenoxy) is 2. The minimum atomic E-state index is -0.919. The van der Waals surface area contributed by atoms with Crippen molar-refractivity contribution in [2.24, 2.45) is 0 Å². The van der Waals surface area contributed by atoms with E-state index in [0.717, 1.165) is 16.6 Å². The summed E-state index contributed by atoms with van der Waals surface area (Å²) in [5, 5.41) is 3.21. The van der Waals surface area contributed by atoms with Gasteiger partial charge in [0.1, 0.15) is 0 Å². The fourth-order valence-corrected chi connectivity index (χ4v) is 2.61. The topological polar surface area (TPSA) is 47.6 Å². The molecular formula is C14H18BrNO3. The molecule has 19 heavy (non-hydrogen) atoms. The second kappa shape index (κ2) is 6.50. The number of carbonyl (C=O) groups is 1. The molecule has 1 aliphatic heterocycles. The predicted molar refractivity (Wildman–Crippen MR) is 76.0 cm³/mol. The van der Waals surface area contributed by atoms with Crippen molar-refractivity contribution in [2.45, 2.75) is 18.9 Å². The van der Waals surface area contributed by atoms with Crippen LogP contribution in [0.4, 0.5) is 0 Å². The van der Waals surface area contributed by atoms with E-state index in [1.165, 1.54) is 0 Å². The summed E-state index contributed by atoms with van der Waals surface area (Å²) in [6.07, 6.45) is 0.500. The van der Waals surface area contributed by atoms with Gasteiger partial charge in [0.15, 0.2) is 5.60 Å². The third kappa shape index (κ3) is 3.35. The Morgan fingerprint density at radius 3 is 2.95 bits per heavy atom. The lowest BCUT2D eigenvalue weighted by atomic mass is 9.93. The number of morpholine rings is 1. The number of rotatable bonds is 4. The molecule has 0 amide bonds. The van der Waals surface area contributed by atoms with Crippen LogP contribution in [0.2, 0.25) is 0 Å². The maximum atomic E-state index is 12.2. The summed E-state index contributed by atoms with van der Waals surface area (Å²) in [7, 11) is 0. The lowest BCUT2D eigenvalue weighted by Crippen LogP contribution is -2.57. The van der Waals surface area contributed by atoms with E-state index in [4.69, 9.17) is 9.47 Å². The first-order chi connectivity index (χ1) is 9.18. The van der Waals surface area contributed by atoms with Gasteiger partial charge < -0.3 is 14.8 Å². The van der Waals surface area contributed by atoms with E-state index < -0.39 is 5.60 Å². The molecule has 4 nitrogen and oxygen atoms in total. The number of carbonyl (C=O) groups excluding carboxylic acids is 1. The van der Waals surface area contributed by atoms with Crippen molar-refractivity contribution < 1.29 is 14.3 Å². The van der Waals surface area contributed by atoms with Crippen molar-refractivity contribution in [3.63, 3.8) is 0 Å². The molecule has 0 spiro atoms. The Morgan fingerprint density at radius 2 is 2.32 bits per heavy atom. The molecule has 1 aromatic carbocycles. The van der Waals surface area contributed by atoms with Crippen LogP contribution in [0.25, 0.3) is 0 Å². The Hall–Kier alpha value is -0.910. The van der Waals surface area contributed by atoms with Crippen LogP contribution >= 0.6 is 15.9 Å². The van der Waals surface area contributed by atoms with Crippen LogP contribution < -0.4 is 5.32 Å². The van der Waals surface area contributed by atoms with Gasteiger partial charge in [-0.25, -0.2) is 4.79 Å². The number of esters is 1. The first-order valence-corrected chi connectivity index (χ1v) is 7.22. The Balaban J connectivity index is 2.23. The van der Waals surface area contributed by atoms with Gasteiger partial charge in [0, 0.05) is 24.0 Å². The molecule has 1 fully saturated rings. The standard InChI is InChI=1S/C14H18BrNO3/c1-2-18-13(17)14(10-16-7-8-19-14)9-11-5-3-4-6-12(11)15/h3-6,16H,2,7-10H2,1H3. The Bertz CT molecular complexity index is 444. The van der Waals surface area contributed by atoms with Crippen molar-refractivity contribution in [2.75, 3.05) is 26.3 Å². The molecule has 1 N–H and O–H groups in total. The molecule has 1 aliphatic rings. The molecule has 0 aliphatic carbocycles. The summed E-state index contributed by atoms with van der Waals surface area (Å²) in [5.41, 5.74) is 0.122. The van der Waals surface area contributed by atoms with Gasteiger partial charge in [-0.1, -0.05) is 34.1 Å². The molecule has 0 saturated carbocycles. The third-order valence-electron chi connectivity index (χ3n) is 3.15. The van der Waals surface area contributed by atoms with Gasteiger partial charge in [0.25, 0.3) is 0 Å². The maximum Gasteiger partial charge on any atom is 0.340 e. The van der Waals surface area contributed by atoms with E-state index in [-0.39, 0.29) is 5.97 Å². The van der Waals surface area contributed by atoms with E-state index in [1.807, 2.05) is 24.3 Å². The molecule has 1 aromatic rings. The average molecular weight is 328 g/mol. The zero-order valence-corrected chi connectivity index (χ0v) is 12.5. The summed E-state index contributed by atoms with van der Waals surface area (Å²) in [4.78, 5) is 12.2. The molecule has 0 aromatic heterocycles. The van der Waals surface area contributed by atoms with E-state index in [0.29, 0.717) is 26.2 Å². The summed E-state index contributed by atoms with van der Waals surface area (Å²) in [5.74, 6) is -0.294. The molecule has 1 atom stereocenters. The second-order valence-electron chi connectivity index (χ2n) is 4.51. The first kappa shape index (κ1) is 14.5. The van der Waals surface area contributed by atoms with E-state index in [9.17, 15) is 4.79 Å². The minimum absolute atomic E-state index is 0.294. The van der Waals surface area contributed by atoms with Gasteiger partial charge in [0.2, 0.25) is 0 Å². The third-order valence-corrected chi connectivity index (χ3v) is 3.92. The zero-order valence-electron chi connectivity index (χ0n) is 10.9. The lowest BCUT2D eigenvalue weighted by Gasteiger charge is -2.35. The van der Waals surface area contributed by atoms with Crippen LogP contribution in [0.1, 0.15) is 12.5 Å². The number of benzene rings is 1. The van der Waals surface area contributed by atoms with Gasteiger partial charge in [-0.15, -0.1) is 0 Å². The van der Waals surface area contributed by atoms with Crippen molar-refractivity contribution >= 4 is 21.9 Å². The Morgan fingerprint density at radius 1 is 1.53 bits per heavy atom. The van der Waals surface area contributed by atoms with Crippen molar-refractivity contribution in [1.82, 2.24) is 5.32 Å². The van der Waals surface area contributed by atoms with Crippen LogP contribution in [0.15, 0.2) is 28.7 Å². The van der Waals surface area contributed by atoms with E-state index >= 15 is 0 Å². The molecule has 2 rings (SSSR count). The largest absolute Gasteiger partial charge is 0.464 e. The Labute approximate surface area is 121 Å². The predicted octanol–water partition coefficient (Wildman–Crippen LogP) is 1.91. The fraction of sp³-hybridized carbons (Fsp3) is 0.500. The highest BCUT2D eigenvalue weighted by molar-refractivity contribution is 9.10. The number of hydrogen-bond acceptors (Lipinski definition) is 4. The molecule has 0 bridgehead atoms. The number of hydrogen-bond donors (Lipinski definition) is 1. The van der Waals surface area contributed by atoms with Gasteiger partial charge in [-0.2, -0.15) is 0 Å². The van der Waals surface area contributed by atoms with Crippen LogP contribution in [-0.4, -0.2) is 37.9 Å². The Kier molecular flexibility index (Phi) is 4.96. The molecule has 1 saturated heterocycles. The smallest absolute Gasteiger partial charge is 0.340 e. The van der Waals surface area contributed by atoms with Gasteiger partial charge in [-0.05, 0) is 18.6 Å². The molecule has 1 unspecified atom stereocenters. The lowest BCUT2D eigenvalue weighted by molar-refractivity contribution is -0.175.